The van der Waals surface area contributed by atoms with Crippen LogP contribution in [0.5, 0.6) is 5.88 Å². The molecule has 0 bridgehead atoms. The first-order valence-electron chi connectivity index (χ1n) is 11.5. The number of carbonyl (C=O) groups is 1. The SMILES string of the molecule is COc1nc(C)cnc1N(c1ccc(CC(C)COC(=O)C(C)(C)C)cc1)S(=O)(=O)c1cccnc1. The van der Waals surface area contributed by atoms with Gasteiger partial charge in [0.1, 0.15) is 4.90 Å². The van der Waals surface area contributed by atoms with Crippen molar-refractivity contribution in [2.45, 2.75) is 45.9 Å². The van der Waals surface area contributed by atoms with Crippen molar-refractivity contribution < 1.29 is 22.7 Å². The number of aromatic nitrogens is 3. The molecule has 3 rings (SSSR count). The normalized spacial score (nSPS) is 12.6. The van der Waals surface area contributed by atoms with Gasteiger partial charge in [0.05, 0.1) is 36.7 Å². The number of methoxy groups -OCH3 is 1. The summed E-state index contributed by atoms with van der Waals surface area (Å²) in [6, 6.07) is 10.1. The zero-order chi connectivity index (χ0) is 26.5. The molecule has 2 aromatic heterocycles. The largest absolute Gasteiger partial charge is 0.478 e. The van der Waals surface area contributed by atoms with Crippen molar-refractivity contribution in [1.29, 1.82) is 0 Å². The van der Waals surface area contributed by atoms with E-state index in [1.807, 2.05) is 39.8 Å². The number of anilines is 2. The molecule has 0 fully saturated rings. The van der Waals surface area contributed by atoms with Crippen LogP contribution in [0.15, 0.2) is 59.9 Å². The first kappa shape index (κ1) is 27.1. The van der Waals surface area contributed by atoms with Gasteiger partial charge in [-0.3, -0.25) is 9.78 Å². The Morgan fingerprint density at radius 3 is 2.39 bits per heavy atom. The standard InChI is InChI=1S/C26H32N4O5S/c1-18(17-35-25(31)26(3,4)5)14-20-9-11-21(12-10-20)30(23-24(34-6)29-19(2)15-28-23)36(32,33)22-8-7-13-27-16-22/h7-13,15-16,18H,14,17H2,1-6H3. The number of esters is 1. The van der Waals surface area contributed by atoms with E-state index in [1.54, 1.807) is 25.1 Å². The molecule has 0 amide bonds. The van der Waals surface area contributed by atoms with Crippen molar-refractivity contribution >= 4 is 27.5 Å². The number of carbonyl (C=O) groups excluding carboxylic acids is 1. The highest BCUT2D eigenvalue weighted by Crippen LogP contribution is 2.36. The first-order chi connectivity index (χ1) is 16.9. The average molecular weight is 513 g/mol. The number of nitrogens with zero attached hydrogens (tertiary/aromatic N) is 4. The molecule has 1 atom stereocenters. The summed E-state index contributed by atoms with van der Waals surface area (Å²) in [7, 11) is -2.67. The maximum absolute atomic E-state index is 13.7. The molecule has 0 aliphatic heterocycles. The number of benzene rings is 1. The van der Waals surface area contributed by atoms with E-state index < -0.39 is 15.4 Å². The summed E-state index contributed by atoms with van der Waals surface area (Å²) in [5.41, 5.74) is 1.38. The maximum Gasteiger partial charge on any atom is 0.311 e. The molecule has 0 spiro atoms. The molecule has 2 heterocycles. The van der Waals surface area contributed by atoms with E-state index >= 15 is 0 Å². The summed E-state index contributed by atoms with van der Waals surface area (Å²) in [6.07, 6.45) is 4.93. The molecule has 10 heteroatoms. The Hall–Kier alpha value is -3.53. The summed E-state index contributed by atoms with van der Waals surface area (Å²) < 4.78 is 39.3. The lowest BCUT2D eigenvalue weighted by molar-refractivity contribution is -0.154. The van der Waals surface area contributed by atoms with Gasteiger partial charge in [-0.25, -0.2) is 22.7 Å². The molecule has 3 aromatic rings. The molecule has 36 heavy (non-hydrogen) atoms. The quantitative estimate of drug-likeness (QED) is 0.386. The van der Waals surface area contributed by atoms with Gasteiger partial charge in [0.25, 0.3) is 15.9 Å². The van der Waals surface area contributed by atoms with Gasteiger partial charge in [-0.05, 0) is 69.9 Å². The lowest BCUT2D eigenvalue weighted by Gasteiger charge is -2.25. The second-order valence-electron chi connectivity index (χ2n) is 9.63. The summed E-state index contributed by atoms with van der Waals surface area (Å²) in [5.74, 6) is -0.0301. The second kappa shape index (κ2) is 11.0. The van der Waals surface area contributed by atoms with Gasteiger partial charge in [-0.2, -0.15) is 0 Å². The number of rotatable bonds is 9. The molecule has 0 saturated heterocycles. The maximum atomic E-state index is 13.7. The van der Waals surface area contributed by atoms with Crippen molar-refractivity contribution in [1.82, 2.24) is 15.0 Å². The van der Waals surface area contributed by atoms with Crippen LogP contribution in [0.1, 0.15) is 39.0 Å². The van der Waals surface area contributed by atoms with E-state index in [2.05, 4.69) is 15.0 Å². The van der Waals surface area contributed by atoms with Gasteiger partial charge < -0.3 is 9.47 Å². The predicted molar refractivity (Wildman–Crippen MR) is 137 cm³/mol. The summed E-state index contributed by atoms with van der Waals surface area (Å²) in [6.45, 7) is 9.49. The highest BCUT2D eigenvalue weighted by Gasteiger charge is 2.31. The van der Waals surface area contributed by atoms with Gasteiger partial charge >= 0.3 is 5.97 Å². The molecule has 0 radical (unpaired) electrons. The third-order valence-electron chi connectivity index (χ3n) is 5.27. The zero-order valence-electron chi connectivity index (χ0n) is 21.4. The van der Waals surface area contributed by atoms with Crippen LogP contribution in [0.25, 0.3) is 0 Å². The van der Waals surface area contributed by atoms with E-state index in [4.69, 9.17) is 9.47 Å². The van der Waals surface area contributed by atoms with E-state index in [1.165, 1.54) is 31.8 Å². The Balaban J connectivity index is 1.92. The molecule has 0 aliphatic carbocycles. The van der Waals surface area contributed by atoms with Crippen molar-refractivity contribution in [2.75, 3.05) is 18.0 Å². The molecular weight excluding hydrogens is 480 g/mol. The monoisotopic (exact) mass is 512 g/mol. The Bertz CT molecular complexity index is 1290. The Kier molecular flexibility index (Phi) is 8.29. The van der Waals surface area contributed by atoms with Crippen molar-refractivity contribution in [3.05, 3.63) is 66.2 Å². The summed E-state index contributed by atoms with van der Waals surface area (Å²) in [5, 5.41) is 0. The number of hydrogen-bond donors (Lipinski definition) is 0. The van der Waals surface area contributed by atoms with Gasteiger partial charge in [0.2, 0.25) is 5.82 Å². The minimum absolute atomic E-state index is 0.00721. The highest BCUT2D eigenvalue weighted by atomic mass is 32.2. The molecule has 1 unspecified atom stereocenters. The van der Waals surface area contributed by atoms with Crippen molar-refractivity contribution in [2.24, 2.45) is 11.3 Å². The van der Waals surface area contributed by atoms with Crippen LogP contribution in [-0.2, 0) is 26.0 Å². The van der Waals surface area contributed by atoms with Crippen LogP contribution in [0, 0.1) is 18.3 Å². The van der Waals surface area contributed by atoms with Gasteiger partial charge in [-0.1, -0.05) is 19.1 Å². The molecule has 0 aliphatic rings. The van der Waals surface area contributed by atoms with Crippen LogP contribution >= 0.6 is 0 Å². The van der Waals surface area contributed by atoms with E-state index in [-0.39, 0.29) is 28.5 Å². The number of ether oxygens (including phenoxy) is 2. The lowest BCUT2D eigenvalue weighted by Crippen LogP contribution is -2.28. The lowest BCUT2D eigenvalue weighted by atomic mass is 9.97. The average Bonchev–Trinajstić information content (AvgIpc) is 2.84. The van der Waals surface area contributed by atoms with Crippen LogP contribution in [0.3, 0.4) is 0 Å². The number of hydrogen-bond acceptors (Lipinski definition) is 8. The van der Waals surface area contributed by atoms with Crippen LogP contribution in [-0.4, -0.2) is 43.1 Å². The fourth-order valence-corrected chi connectivity index (χ4v) is 4.78. The van der Waals surface area contributed by atoms with Crippen LogP contribution in [0.2, 0.25) is 0 Å². The fourth-order valence-electron chi connectivity index (χ4n) is 3.37. The van der Waals surface area contributed by atoms with E-state index in [0.717, 1.165) is 9.87 Å². The molecule has 9 nitrogen and oxygen atoms in total. The molecular formula is C26H32N4O5S. The third kappa shape index (κ3) is 6.37. The number of sulfonamides is 1. The predicted octanol–water partition coefficient (Wildman–Crippen LogP) is 4.48. The van der Waals surface area contributed by atoms with Gasteiger partial charge in [-0.15, -0.1) is 0 Å². The smallest absolute Gasteiger partial charge is 0.311 e. The zero-order valence-corrected chi connectivity index (χ0v) is 22.2. The minimum Gasteiger partial charge on any atom is -0.478 e. The topological polar surface area (TPSA) is 112 Å². The Morgan fingerprint density at radius 2 is 1.81 bits per heavy atom. The molecule has 0 saturated carbocycles. The van der Waals surface area contributed by atoms with E-state index in [9.17, 15) is 13.2 Å². The molecule has 0 N–H and O–H groups in total. The van der Waals surface area contributed by atoms with Crippen molar-refractivity contribution in [3.8, 4) is 5.88 Å². The van der Waals surface area contributed by atoms with Crippen LogP contribution in [0.4, 0.5) is 11.5 Å². The molecule has 1 aromatic carbocycles. The Morgan fingerprint density at radius 1 is 1.11 bits per heavy atom. The molecule has 192 valence electrons. The summed E-state index contributed by atoms with van der Waals surface area (Å²) in [4.78, 5) is 24.7. The third-order valence-corrected chi connectivity index (χ3v) is 6.97. The number of pyridine rings is 1. The van der Waals surface area contributed by atoms with Gasteiger partial charge in [0, 0.05) is 12.4 Å². The second-order valence-corrected chi connectivity index (χ2v) is 11.4. The Labute approximate surface area is 212 Å². The first-order valence-corrected chi connectivity index (χ1v) is 13.0. The van der Waals surface area contributed by atoms with Crippen molar-refractivity contribution in [3.63, 3.8) is 0 Å². The fraction of sp³-hybridized carbons (Fsp3) is 0.385. The van der Waals surface area contributed by atoms with Gasteiger partial charge in [0.15, 0.2) is 0 Å². The minimum atomic E-state index is -4.09. The number of aryl methyl sites for hydroxylation is 1. The van der Waals surface area contributed by atoms with Crippen LogP contribution < -0.4 is 9.04 Å². The summed E-state index contributed by atoms with van der Waals surface area (Å²) >= 11 is 0. The van der Waals surface area contributed by atoms with E-state index in [0.29, 0.717) is 24.4 Å². The highest BCUT2D eigenvalue weighted by molar-refractivity contribution is 7.93.